The third-order valence-corrected chi connectivity index (χ3v) is 3.65. The predicted molar refractivity (Wildman–Crippen MR) is 67.8 cm³/mol. The molecule has 1 fully saturated rings. The van der Waals surface area contributed by atoms with Gasteiger partial charge in [-0.2, -0.15) is 13.2 Å². The van der Waals surface area contributed by atoms with Crippen LogP contribution in [0.4, 0.5) is 13.2 Å². The molecule has 1 aliphatic rings. The standard InChI is InChI=1S/C13H15F3N2O3/c1-7-4-5-18(6-9(7)19)12(21)8-2-3-10(13(14,15)16)17-11(8)20/h2-3,7,9,19H,4-6H2,1H3,(H,17,20). The van der Waals surface area contributed by atoms with Gasteiger partial charge in [-0.1, -0.05) is 6.92 Å². The quantitative estimate of drug-likeness (QED) is 0.820. The second-order valence-electron chi connectivity index (χ2n) is 5.20. The maximum atomic E-state index is 12.5. The second-order valence-corrected chi connectivity index (χ2v) is 5.20. The van der Waals surface area contributed by atoms with Crippen LogP contribution in [0, 0.1) is 5.92 Å². The number of nitrogens with zero attached hydrogens (tertiary/aromatic N) is 1. The van der Waals surface area contributed by atoms with Crippen molar-refractivity contribution < 1.29 is 23.1 Å². The van der Waals surface area contributed by atoms with E-state index in [0.29, 0.717) is 19.0 Å². The number of aromatic amines is 1. The van der Waals surface area contributed by atoms with Crippen molar-refractivity contribution in [3.05, 3.63) is 33.7 Å². The van der Waals surface area contributed by atoms with Crippen molar-refractivity contribution in [2.75, 3.05) is 13.1 Å². The SMILES string of the molecule is CC1CCN(C(=O)c2ccc(C(F)(F)F)[nH]c2=O)CC1O. The highest BCUT2D eigenvalue weighted by Gasteiger charge is 2.33. The zero-order chi connectivity index (χ0) is 15.8. The number of β-amino-alcohol motifs (C(OH)–C–C–N with tert-alkyl or cyclic N) is 1. The zero-order valence-electron chi connectivity index (χ0n) is 11.3. The number of nitrogens with one attached hydrogen (secondary N) is 1. The van der Waals surface area contributed by atoms with Gasteiger partial charge >= 0.3 is 6.18 Å². The molecule has 116 valence electrons. The summed E-state index contributed by atoms with van der Waals surface area (Å²) in [5.41, 5.74) is -2.64. The van der Waals surface area contributed by atoms with E-state index in [1.165, 1.54) is 4.90 Å². The van der Waals surface area contributed by atoms with E-state index in [0.717, 1.165) is 6.07 Å². The number of likely N-dealkylation sites (tertiary alicyclic amines) is 1. The number of hydrogen-bond acceptors (Lipinski definition) is 3. The zero-order valence-corrected chi connectivity index (χ0v) is 11.3. The monoisotopic (exact) mass is 304 g/mol. The van der Waals surface area contributed by atoms with Gasteiger partial charge in [0.2, 0.25) is 0 Å². The van der Waals surface area contributed by atoms with Crippen molar-refractivity contribution in [3.63, 3.8) is 0 Å². The molecule has 1 saturated heterocycles. The van der Waals surface area contributed by atoms with Crippen molar-refractivity contribution in [2.45, 2.75) is 25.6 Å². The number of halogens is 3. The Kier molecular flexibility index (Phi) is 4.08. The Morgan fingerprint density at radius 1 is 1.43 bits per heavy atom. The molecule has 0 spiro atoms. The third-order valence-electron chi connectivity index (χ3n) is 3.65. The molecule has 0 aliphatic carbocycles. The Labute approximate surface area is 118 Å². The lowest BCUT2D eigenvalue weighted by molar-refractivity contribution is -0.141. The molecule has 8 heteroatoms. The number of aliphatic hydroxyl groups is 1. The van der Waals surface area contributed by atoms with Gasteiger partial charge in [0, 0.05) is 13.1 Å². The summed E-state index contributed by atoms with van der Waals surface area (Å²) in [4.78, 5) is 26.7. The van der Waals surface area contributed by atoms with Crippen LogP contribution in [0.2, 0.25) is 0 Å². The Bertz CT molecular complexity index is 597. The smallest absolute Gasteiger partial charge is 0.391 e. The highest BCUT2D eigenvalue weighted by atomic mass is 19.4. The van der Waals surface area contributed by atoms with Crippen LogP contribution in [0.15, 0.2) is 16.9 Å². The van der Waals surface area contributed by atoms with Crippen LogP contribution in [-0.2, 0) is 6.18 Å². The fraction of sp³-hybridized carbons (Fsp3) is 0.538. The van der Waals surface area contributed by atoms with Gasteiger partial charge < -0.3 is 15.0 Å². The molecule has 2 atom stereocenters. The van der Waals surface area contributed by atoms with Gasteiger partial charge in [-0.05, 0) is 24.5 Å². The molecule has 0 saturated carbocycles. The minimum atomic E-state index is -4.67. The first-order valence-electron chi connectivity index (χ1n) is 6.48. The molecule has 2 unspecified atom stereocenters. The van der Waals surface area contributed by atoms with Crippen molar-refractivity contribution in [3.8, 4) is 0 Å². The van der Waals surface area contributed by atoms with Gasteiger partial charge in [-0.3, -0.25) is 9.59 Å². The van der Waals surface area contributed by atoms with Crippen LogP contribution in [0.3, 0.4) is 0 Å². The number of amides is 1. The normalized spacial score (nSPS) is 23.2. The number of alkyl halides is 3. The van der Waals surface area contributed by atoms with Crippen molar-refractivity contribution >= 4 is 5.91 Å². The Balaban J connectivity index is 2.23. The Hall–Kier alpha value is -1.83. The summed E-state index contributed by atoms with van der Waals surface area (Å²) in [6.07, 6.45) is -4.79. The highest BCUT2D eigenvalue weighted by molar-refractivity contribution is 5.93. The van der Waals surface area contributed by atoms with Crippen molar-refractivity contribution in [1.82, 2.24) is 9.88 Å². The fourth-order valence-corrected chi connectivity index (χ4v) is 2.21. The summed E-state index contributed by atoms with van der Waals surface area (Å²) in [5, 5.41) is 9.74. The van der Waals surface area contributed by atoms with Gasteiger partial charge in [-0.25, -0.2) is 0 Å². The lowest BCUT2D eigenvalue weighted by Crippen LogP contribution is -2.47. The summed E-state index contributed by atoms with van der Waals surface area (Å²) in [6.45, 7) is 2.27. The van der Waals surface area contributed by atoms with E-state index in [4.69, 9.17) is 0 Å². The highest BCUT2D eigenvalue weighted by Crippen LogP contribution is 2.26. The second kappa shape index (κ2) is 5.51. The van der Waals surface area contributed by atoms with Gasteiger partial charge in [0.15, 0.2) is 0 Å². The van der Waals surface area contributed by atoms with Crippen LogP contribution in [0.5, 0.6) is 0 Å². The molecule has 5 nitrogen and oxygen atoms in total. The van der Waals surface area contributed by atoms with Gasteiger partial charge in [0.1, 0.15) is 11.3 Å². The van der Waals surface area contributed by atoms with Crippen LogP contribution in [0.25, 0.3) is 0 Å². The van der Waals surface area contributed by atoms with E-state index in [2.05, 4.69) is 0 Å². The van der Waals surface area contributed by atoms with Crippen LogP contribution in [-0.4, -0.2) is 40.1 Å². The molecule has 2 N–H and O–H groups in total. The summed E-state index contributed by atoms with van der Waals surface area (Å²) < 4.78 is 37.4. The predicted octanol–water partition coefficient (Wildman–Crippen LogP) is 1.24. The number of carbonyl (C=O) groups excluding carboxylic acids is 1. The molecule has 1 aromatic rings. The van der Waals surface area contributed by atoms with Crippen LogP contribution >= 0.6 is 0 Å². The number of pyridine rings is 1. The summed E-state index contributed by atoms with van der Waals surface area (Å²) in [7, 11) is 0. The molecular weight excluding hydrogens is 289 g/mol. The number of aliphatic hydroxyl groups excluding tert-OH is 1. The molecular formula is C13H15F3N2O3. The van der Waals surface area contributed by atoms with E-state index >= 15 is 0 Å². The molecule has 1 amide bonds. The molecule has 21 heavy (non-hydrogen) atoms. The number of carbonyl (C=O) groups is 1. The molecule has 0 aromatic carbocycles. The molecule has 1 aromatic heterocycles. The average Bonchev–Trinajstić information content (AvgIpc) is 2.40. The molecule has 1 aliphatic heterocycles. The molecule has 2 rings (SSSR count). The third kappa shape index (κ3) is 3.26. The first-order chi connectivity index (χ1) is 9.70. The van der Waals surface area contributed by atoms with Gasteiger partial charge in [0.05, 0.1) is 6.10 Å². The molecule has 2 heterocycles. The van der Waals surface area contributed by atoms with Gasteiger partial charge in [0.25, 0.3) is 11.5 Å². The number of rotatable bonds is 1. The Morgan fingerprint density at radius 3 is 2.62 bits per heavy atom. The average molecular weight is 304 g/mol. The molecule has 0 radical (unpaired) electrons. The first kappa shape index (κ1) is 15.6. The fourth-order valence-electron chi connectivity index (χ4n) is 2.21. The maximum Gasteiger partial charge on any atom is 0.431 e. The van der Waals surface area contributed by atoms with Crippen LogP contribution in [0.1, 0.15) is 29.4 Å². The lowest BCUT2D eigenvalue weighted by Gasteiger charge is -2.34. The number of piperidine rings is 1. The largest absolute Gasteiger partial charge is 0.431 e. The minimum Gasteiger partial charge on any atom is -0.391 e. The Morgan fingerprint density at radius 2 is 2.10 bits per heavy atom. The summed E-state index contributed by atoms with van der Waals surface area (Å²) in [5.74, 6) is -0.629. The topological polar surface area (TPSA) is 73.4 Å². The van der Waals surface area contributed by atoms with Gasteiger partial charge in [-0.15, -0.1) is 0 Å². The molecule has 0 bridgehead atoms. The van der Waals surface area contributed by atoms with Crippen molar-refractivity contribution in [1.29, 1.82) is 0 Å². The number of H-pyrrole nitrogens is 1. The van der Waals surface area contributed by atoms with Crippen LogP contribution < -0.4 is 5.56 Å². The van der Waals surface area contributed by atoms with E-state index in [1.54, 1.807) is 4.98 Å². The minimum absolute atomic E-state index is 0.0416. The van der Waals surface area contributed by atoms with Crippen molar-refractivity contribution in [2.24, 2.45) is 5.92 Å². The van der Waals surface area contributed by atoms with E-state index in [9.17, 15) is 27.9 Å². The van der Waals surface area contributed by atoms with E-state index in [1.807, 2.05) is 6.92 Å². The number of aromatic nitrogens is 1. The summed E-state index contributed by atoms with van der Waals surface area (Å²) in [6, 6.07) is 1.53. The number of hydrogen-bond donors (Lipinski definition) is 2. The maximum absolute atomic E-state index is 12.5. The van der Waals surface area contributed by atoms with E-state index in [-0.39, 0.29) is 18.0 Å². The first-order valence-corrected chi connectivity index (χ1v) is 6.48. The lowest BCUT2D eigenvalue weighted by atomic mass is 9.95. The van der Waals surface area contributed by atoms with E-state index < -0.39 is 29.4 Å². The summed E-state index contributed by atoms with van der Waals surface area (Å²) >= 11 is 0.